The third-order valence-corrected chi connectivity index (χ3v) is 5.95. The second-order valence-electron chi connectivity index (χ2n) is 7.99. The first-order valence-corrected chi connectivity index (χ1v) is 9.62. The van der Waals surface area contributed by atoms with Crippen molar-refractivity contribution in [3.63, 3.8) is 0 Å². The van der Waals surface area contributed by atoms with Crippen LogP contribution in [0.5, 0.6) is 5.88 Å². The lowest BCUT2D eigenvalue weighted by Gasteiger charge is -2.32. The fourth-order valence-corrected chi connectivity index (χ4v) is 4.14. The summed E-state index contributed by atoms with van der Waals surface area (Å²) >= 11 is 0. The highest BCUT2D eigenvalue weighted by Crippen LogP contribution is 2.47. The molecule has 4 rings (SSSR count). The van der Waals surface area contributed by atoms with Gasteiger partial charge in [-0.1, -0.05) is 0 Å². The molecule has 2 fully saturated rings. The predicted octanol–water partition coefficient (Wildman–Crippen LogP) is 3.43. The maximum Gasteiger partial charge on any atom is 0.408 e. The monoisotopic (exact) mass is 386 g/mol. The third kappa shape index (κ3) is 3.48. The van der Waals surface area contributed by atoms with Crippen molar-refractivity contribution in [3.05, 3.63) is 23.7 Å². The van der Waals surface area contributed by atoms with Crippen molar-refractivity contribution in [1.29, 1.82) is 0 Å². The molecule has 2 aliphatic rings. The topological polar surface area (TPSA) is 116 Å². The Labute approximate surface area is 163 Å². The van der Waals surface area contributed by atoms with Gasteiger partial charge in [-0.15, -0.1) is 0 Å². The van der Waals surface area contributed by atoms with Gasteiger partial charge in [0.05, 0.1) is 19.0 Å². The van der Waals surface area contributed by atoms with Crippen LogP contribution < -0.4 is 10.1 Å². The van der Waals surface area contributed by atoms with Crippen LogP contribution >= 0.6 is 0 Å². The number of aromatic amines is 1. The Morgan fingerprint density at radius 3 is 2.86 bits per heavy atom. The highest BCUT2D eigenvalue weighted by atomic mass is 16.5. The Bertz CT molecular complexity index is 878. The number of ether oxygens (including phenoxy) is 1. The zero-order valence-electron chi connectivity index (χ0n) is 16.4. The number of methoxy groups -OCH3 is 1. The minimum atomic E-state index is -0.800. The summed E-state index contributed by atoms with van der Waals surface area (Å²) in [7, 11) is 1.56. The van der Waals surface area contributed by atoms with Gasteiger partial charge in [-0.05, 0) is 46.0 Å². The van der Waals surface area contributed by atoms with Crippen LogP contribution in [0, 0.1) is 6.92 Å². The first-order chi connectivity index (χ1) is 13.4. The van der Waals surface area contributed by atoms with Gasteiger partial charge in [0.2, 0.25) is 5.88 Å². The molecule has 0 bridgehead atoms. The Kier molecular flexibility index (Phi) is 4.60. The number of rotatable bonds is 6. The van der Waals surface area contributed by atoms with E-state index >= 15 is 0 Å². The third-order valence-electron chi connectivity index (χ3n) is 5.95. The van der Waals surface area contributed by atoms with Gasteiger partial charge in [-0.25, -0.2) is 14.8 Å². The molecule has 0 aliphatic heterocycles. The largest absolute Gasteiger partial charge is 0.480 e. The number of carboxylic acid groups (broad SMARTS) is 1. The van der Waals surface area contributed by atoms with Crippen molar-refractivity contribution >= 4 is 17.7 Å². The smallest absolute Gasteiger partial charge is 0.408 e. The van der Waals surface area contributed by atoms with Crippen LogP contribution in [-0.4, -0.2) is 55.0 Å². The highest BCUT2D eigenvalue weighted by molar-refractivity contribution is 5.67. The minimum absolute atomic E-state index is 0.0735. The van der Waals surface area contributed by atoms with Crippen molar-refractivity contribution in [2.45, 2.75) is 63.5 Å². The van der Waals surface area contributed by atoms with E-state index in [2.05, 4.69) is 25.5 Å². The number of aromatic nitrogens is 4. The summed E-state index contributed by atoms with van der Waals surface area (Å²) in [5, 5.41) is 20.3. The SMILES string of the molecule is COc1cnc(Nc2cc([C@H]3CC[C@@H](N(C(=O)O)C4(C)CC4)C3)[nH]n2)c(C)n1. The summed E-state index contributed by atoms with van der Waals surface area (Å²) in [6, 6.07) is 2.05. The molecule has 0 aromatic carbocycles. The highest BCUT2D eigenvalue weighted by Gasteiger charge is 2.50. The molecule has 1 amide bonds. The van der Waals surface area contributed by atoms with Crippen molar-refractivity contribution in [3.8, 4) is 5.88 Å². The quantitative estimate of drug-likeness (QED) is 0.696. The van der Waals surface area contributed by atoms with Crippen molar-refractivity contribution < 1.29 is 14.6 Å². The average Bonchev–Trinajstić information content (AvgIpc) is 3.06. The molecule has 2 saturated carbocycles. The van der Waals surface area contributed by atoms with E-state index in [4.69, 9.17) is 4.74 Å². The summed E-state index contributed by atoms with van der Waals surface area (Å²) in [4.78, 5) is 22.1. The van der Waals surface area contributed by atoms with E-state index in [9.17, 15) is 9.90 Å². The molecule has 2 aromatic rings. The second-order valence-corrected chi connectivity index (χ2v) is 7.99. The van der Waals surface area contributed by atoms with Crippen LogP contribution in [0.2, 0.25) is 0 Å². The number of H-pyrrole nitrogens is 1. The van der Waals surface area contributed by atoms with Crippen molar-refractivity contribution in [2.24, 2.45) is 0 Å². The van der Waals surface area contributed by atoms with E-state index < -0.39 is 6.09 Å². The van der Waals surface area contributed by atoms with Crippen LogP contribution in [-0.2, 0) is 0 Å². The molecule has 2 aliphatic carbocycles. The Morgan fingerprint density at radius 1 is 1.43 bits per heavy atom. The number of hydrogen-bond donors (Lipinski definition) is 3. The summed E-state index contributed by atoms with van der Waals surface area (Å²) in [5.74, 6) is 2.04. The predicted molar refractivity (Wildman–Crippen MR) is 103 cm³/mol. The molecule has 3 N–H and O–H groups in total. The van der Waals surface area contributed by atoms with Crippen molar-refractivity contribution in [2.75, 3.05) is 12.4 Å². The standard InChI is InChI=1S/C19H26N6O3/c1-11-17(20-10-16(21-11)28-3)22-15-9-14(23-24-15)12-4-5-13(8-12)25(18(26)27)19(2)6-7-19/h9-10,12-13H,4-8H2,1-3H3,(H,26,27)(H2,20,22,23,24)/t12-,13+/m0/s1. The van der Waals surface area contributed by atoms with Gasteiger partial charge in [0.1, 0.15) is 0 Å². The molecule has 2 aromatic heterocycles. The minimum Gasteiger partial charge on any atom is -0.480 e. The molecule has 0 spiro atoms. The maximum absolute atomic E-state index is 11.8. The molecule has 0 unspecified atom stereocenters. The summed E-state index contributed by atoms with van der Waals surface area (Å²) < 4.78 is 5.08. The van der Waals surface area contributed by atoms with E-state index in [-0.39, 0.29) is 17.5 Å². The van der Waals surface area contributed by atoms with Gasteiger partial charge >= 0.3 is 6.09 Å². The molecule has 150 valence electrons. The number of nitrogens with one attached hydrogen (secondary N) is 2. The number of hydrogen-bond acceptors (Lipinski definition) is 6. The maximum atomic E-state index is 11.8. The molecule has 28 heavy (non-hydrogen) atoms. The zero-order chi connectivity index (χ0) is 19.9. The summed E-state index contributed by atoms with van der Waals surface area (Å²) in [5.41, 5.74) is 1.58. The number of carbonyl (C=O) groups is 1. The Hall–Kier alpha value is -2.84. The fraction of sp³-hybridized carbons (Fsp3) is 0.579. The lowest BCUT2D eigenvalue weighted by molar-refractivity contribution is 0.0955. The average molecular weight is 386 g/mol. The zero-order valence-corrected chi connectivity index (χ0v) is 16.4. The molecule has 0 saturated heterocycles. The molecular formula is C19H26N6O3. The molecule has 0 radical (unpaired) electrons. The fourth-order valence-electron chi connectivity index (χ4n) is 4.14. The van der Waals surface area contributed by atoms with Crippen LogP contribution in [0.4, 0.5) is 16.4 Å². The van der Waals surface area contributed by atoms with E-state index in [0.29, 0.717) is 17.5 Å². The normalized spacial score (nSPS) is 22.7. The summed E-state index contributed by atoms with van der Waals surface area (Å²) in [6.45, 7) is 3.90. The number of nitrogens with zero attached hydrogens (tertiary/aromatic N) is 4. The number of anilines is 2. The molecule has 9 nitrogen and oxygen atoms in total. The van der Waals surface area contributed by atoms with E-state index in [1.807, 2.05) is 19.9 Å². The Morgan fingerprint density at radius 2 is 2.21 bits per heavy atom. The van der Waals surface area contributed by atoms with Crippen LogP contribution in [0.15, 0.2) is 12.3 Å². The van der Waals surface area contributed by atoms with Crippen LogP contribution in [0.1, 0.15) is 56.3 Å². The lowest BCUT2D eigenvalue weighted by Crippen LogP contribution is -2.45. The van der Waals surface area contributed by atoms with Gasteiger partial charge in [-0.2, -0.15) is 5.10 Å². The van der Waals surface area contributed by atoms with Crippen molar-refractivity contribution in [1.82, 2.24) is 25.1 Å². The van der Waals surface area contributed by atoms with Gasteiger partial charge in [0.15, 0.2) is 11.6 Å². The molecule has 2 heterocycles. The van der Waals surface area contributed by atoms with E-state index in [1.54, 1.807) is 18.2 Å². The van der Waals surface area contributed by atoms with Gasteiger partial charge in [-0.3, -0.25) is 10.00 Å². The lowest BCUT2D eigenvalue weighted by atomic mass is 10.0. The second kappa shape index (κ2) is 6.96. The first kappa shape index (κ1) is 18.5. The van der Waals surface area contributed by atoms with Crippen LogP contribution in [0.3, 0.4) is 0 Å². The van der Waals surface area contributed by atoms with Gasteiger partial charge in [0, 0.05) is 29.3 Å². The number of aryl methyl sites for hydroxylation is 1. The molecule has 9 heteroatoms. The van der Waals surface area contributed by atoms with Gasteiger partial charge < -0.3 is 15.2 Å². The summed E-state index contributed by atoms with van der Waals surface area (Å²) in [6.07, 6.45) is 5.34. The van der Waals surface area contributed by atoms with Crippen LogP contribution in [0.25, 0.3) is 0 Å². The number of amides is 1. The van der Waals surface area contributed by atoms with Gasteiger partial charge in [0.25, 0.3) is 0 Å². The van der Waals surface area contributed by atoms with E-state index in [1.165, 1.54) is 0 Å². The van der Waals surface area contributed by atoms with E-state index in [0.717, 1.165) is 43.5 Å². The molecular weight excluding hydrogens is 360 g/mol. The Balaban J connectivity index is 1.43. The molecule has 2 atom stereocenters. The first-order valence-electron chi connectivity index (χ1n) is 9.62.